The molecule has 0 atom stereocenters. The van der Waals surface area contributed by atoms with Gasteiger partial charge in [0.05, 0.1) is 16.6 Å². The van der Waals surface area contributed by atoms with Crippen LogP contribution in [0.4, 0.5) is 0 Å². The number of pyridine rings is 1. The van der Waals surface area contributed by atoms with Crippen molar-refractivity contribution in [2.24, 2.45) is 0 Å². The maximum atomic E-state index is 5.82. The van der Waals surface area contributed by atoms with E-state index in [0.717, 1.165) is 46.3 Å². The van der Waals surface area contributed by atoms with Crippen LogP contribution in [-0.4, -0.2) is 19.9 Å². The van der Waals surface area contributed by atoms with Crippen LogP contribution in [0.1, 0.15) is 124 Å². The van der Waals surface area contributed by atoms with E-state index in [-0.39, 0.29) is 5.41 Å². The van der Waals surface area contributed by atoms with Gasteiger partial charge in [-0.2, -0.15) is 0 Å². The molecule has 0 fully saturated rings. The molecular formula is C76H66N4. The topological polar surface area (TPSA) is 51.6 Å². The fourth-order valence-electron chi connectivity index (χ4n) is 13.9. The van der Waals surface area contributed by atoms with Gasteiger partial charge in [-0.05, 0) is 145 Å². The van der Waals surface area contributed by atoms with Gasteiger partial charge in [0, 0.05) is 33.1 Å². The van der Waals surface area contributed by atoms with E-state index in [0.29, 0.717) is 17.5 Å². The SMILES string of the molecule is CCCCCCc1cc(CCCCCC)cc(-c2cc(-c3ccc4c(c3)C3(c5ccccc5-c5ccccc53)c3ccccc3-4)nc3cc4c(cc23)-c2cc(-c3nc(-c5ccccc5)nc(-c5ccccc5)n3)ccc2C4(C)C)c1. The highest BCUT2D eigenvalue weighted by molar-refractivity contribution is 6.03. The molecule has 0 radical (unpaired) electrons. The molecule has 4 heteroatoms. The highest BCUT2D eigenvalue weighted by atomic mass is 15.0. The Balaban J connectivity index is 0.970. The molecule has 0 bridgehead atoms. The van der Waals surface area contributed by atoms with E-state index in [2.05, 4.69) is 198 Å². The highest BCUT2D eigenvalue weighted by Gasteiger charge is 2.51. The number of hydrogen-bond acceptors (Lipinski definition) is 4. The van der Waals surface area contributed by atoms with Crippen molar-refractivity contribution < 1.29 is 0 Å². The van der Waals surface area contributed by atoms with Crippen molar-refractivity contribution in [3.8, 4) is 89.9 Å². The lowest BCUT2D eigenvalue weighted by Crippen LogP contribution is -2.25. The van der Waals surface area contributed by atoms with Gasteiger partial charge in [0.1, 0.15) is 0 Å². The maximum absolute atomic E-state index is 5.82. The standard InChI is InChI=1S/C76H66N4/c1-5-7-9-13-25-49-41-50(26-14-10-8-6-2)43-55(42-49)60-47-70(53-37-39-59-58-33-21-24-36-67(58)76(69(59)45-53)65-34-22-19-31-56(65)57-32-20-23-35-66(57)76)77-71-48-68-62(46-63(60)71)61-44-54(38-40-64(61)75(68,3)4)74-79-72(51-27-15-11-16-28-51)78-73(80-74)52-29-17-12-18-30-52/h11-12,15-24,27-48H,5-10,13-14,25-26H2,1-4H3. The van der Waals surface area contributed by atoms with E-state index < -0.39 is 5.41 Å². The average Bonchev–Trinajstić information content (AvgIpc) is 4.27. The molecule has 2 aromatic heterocycles. The van der Waals surface area contributed by atoms with Crippen LogP contribution < -0.4 is 0 Å². The first-order valence-corrected chi connectivity index (χ1v) is 29.4. The van der Waals surface area contributed by atoms with Crippen LogP contribution in [0.2, 0.25) is 0 Å². The third kappa shape index (κ3) is 8.25. The van der Waals surface area contributed by atoms with E-state index in [9.17, 15) is 0 Å². The Morgan fingerprint density at radius 3 is 1.38 bits per heavy atom. The Hall–Kier alpha value is -8.60. The maximum Gasteiger partial charge on any atom is 0.164 e. The molecule has 3 aliphatic carbocycles. The molecule has 1 spiro atoms. The number of unbranched alkanes of at least 4 members (excludes halogenated alkanes) is 6. The summed E-state index contributed by atoms with van der Waals surface area (Å²) in [7, 11) is 0. The summed E-state index contributed by atoms with van der Waals surface area (Å²) in [4.78, 5) is 21.2. The van der Waals surface area contributed by atoms with E-state index in [1.54, 1.807) is 0 Å². The summed E-state index contributed by atoms with van der Waals surface area (Å²) in [5.41, 5.74) is 26.3. The normalized spacial score (nSPS) is 13.7. The molecule has 0 aliphatic heterocycles. The summed E-state index contributed by atoms with van der Waals surface area (Å²) in [5.74, 6) is 1.98. The predicted octanol–water partition coefficient (Wildman–Crippen LogP) is 19.7. The molecule has 0 unspecified atom stereocenters. The summed E-state index contributed by atoms with van der Waals surface area (Å²) in [6, 6.07) is 76.8. The highest BCUT2D eigenvalue weighted by Crippen LogP contribution is 2.63. The average molecular weight is 1040 g/mol. The fraction of sp³-hybridized carbons (Fsp3) is 0.211. The minimum atomic E-state index is -0.448. The van der Waals surface area contributed by atoms with Crippen LogP contribution in [0.25, 0.3) is 101 Å². The second kappa shape index (κ2) is 20.2. The molecule has 9 aromatic carbocycles. The Bertz CT molecular complexity index is 4040. The molecule has 11 aromatic rings. The summed E-state index contributed by atoms with van der Waals surface area (Å²) in [5, 5.41) is 1.17. The van der Waals surface area contributed by atoms with Crippen molar-refractivity contribution >= 4 is 10.9 Å². The van der Waals surface area contributed by atoms with Crippen LogP contribution in [0, 0.1) is 0 Å². The van der Waals surface area contributed by atoms with Gasteiger partial charge in [-0.25, -0.2) is 19.9 Å². The van der Waals surface area contributed by atoms with Gasteiger partial charge in [0.2, 0.25) is 0 Å². The first kappa shape index (κ1) is 49.7. The minimum absolute atomic E-state index is 0.294. The van der Waals surface area contributed by atoms with E-state index >= 15 is 0 Å². The number of benzene rings is 9. The lowest BCUT2D eigenvalue weighted by molar-refractivity contribution is 0.661. The number of nitrogens with zero attached hydrogens (tertiary/aromatic N) is 4. The van der Waals surface area contributed by atoms with Crippen LogP contribution in [-0.2, 0) is 23.7 Å². The van der Waals surface area contributed by atoms with Crippen molar-refractivity contribution in [1.29, 1.82) is 0 Å². The van der Waals surface area contributed by atoms with Gasteiger partial charge >= 0.3 is 0 Å². The molecule has 14 rings (SSSR count). The van der Waals surface area contributed by atoms with Crippen molar-refractivity contribution in [3.05, 3.63) is 251 Å². The Labute approximate surface area is 471 Å². The lowest BCUT2D eigenvalue weighted by Gasteiger charge is -2.30. The summed E-state index contributed by atoms with van der Waals surface area (Å²) < 4.78 is 0. The van der Waals surface area contributed by atoms with Crippen LogP contribution >= 0.6 is 0 Å². The quantitative estimate of drug-likeness (QED) is 0.0960. The molecule has 80 heavy (non-hydrogen) atoms. The van der Waals surface area contributed by atoms with Gasteiger partial charge in [-0.3, -0.25) is 0 Å². The predicted molar refractivity (Wildman–Crippen MR) is 332 cm³/mol. The molecule has 0 N–H and O–H groups in total. The molecule has 390 valence electrons. The van der Waals surface area contributed by atoms with Crippen molar-refractivity contribution in [2.75, 3.05) is 0 Å². The number of aryl methyl sites for hydroxylation is 2. The first-order valence-electron chi connectivity index (χ1n) is 29.4. The Kier molecular flexibility index (Phi) is 12.6. The molecule has 0 amide bonds. The fourth-order valence-corrected chi connectivity index (χ4v) is 13.9. The third-order valence-electron chi connectivity index (χ3n) is 17.9. The van der Waals surface area contributed by atoms with E-state index in [1.165, 1.54) is 146 Å². The zero-order chi connectivity index (χ0) is 54.0. The summed E-state index contributed by atoms with van der Waals surface area (Å²) in [6.45, 7) is 9.36. The molecule has 3 aliphatic rings. The van der Waals surface area contributed by atoms with Crippen molar-refractivity contribution in [2.45, 2.75) is 103 Å². The number of hydrogen-bond donors (Lipinski definition) is 0. The zero-order valence-electron chi connectivity index (χ0n) is 46.5. The van der Waals surface area contributed by atoms with Gasteiger partial charge in [-0.15, -0.1) is 0 Å². The Morgan fingerprint density at radius 1 is 0.312 bits per heavy atom. The van der Waals surface area contributed by atoms with E-state index in [1.807, 2.05) is 36.4 Å². The number of aromatic nitrogens is 4. The molecule has 2 heterocycles. The molecular weight excluding hydrogens is 969 g/mol. The van der Waals surface area contributed by atoms with E-state index in [4.69, 9.17) is 19.9 Å². The smallest absolute Gasteiger partial charge is 0.164 e. The number of fused-ring (bicyclic) bond motifs is 14. The molecule has 0 saturated carbocycles. The van der Waals surface area contributed by atoms with Gasteiger partial charge in [0.25, 0.3) is 0 Å². The van der Waals surface area contributed by atoms with Crippen LogP contribution in [0.5, 0.6) is 0 Å². The van der Waals surface area contributed by atoms with Gasteiger partial charge in [-0.1, -0.05) is 242 Å². The van der Waals surface area contributed by atoms with Crippen molar-refractivity contribution in [3.63, 3.8) is 0 Å². The largest absolute Gasteiger partial charge is 0.248 e. The number of rotatable bonds is 15. The monoisotopic (exact) mass is 1030 g/mol. The zero-order valence-corrected chi connectivity index (χ0v) is 46.5. The molecule has 4 nitrogen and oxygen atoms in total. The van der Waals surface area contributed by atoms with Gasteiger partial charge in [0.15, 0.2) is 17.5 Å². The Morgan fingerprint density at radius 2 is 0.812 bits per heavy atom. The first-order chi connectivity index (χ1) is 39.3. The third-order valence-corrected chi connectivity index (χ3v) is 17.9. The van der Waals surface area contributed by atoms with Gasteiger partial charge < -0.3 is 0 Å². The van der Waals surface area contributed by atoms with Crippen molar-refractivity contribution in [1.82, 2.24) is 19.9 Å². The summed E-state index contributed by atoms with van der Waals surface area (Å²) >= 11 is 0. The lowest BCUT2D eigenvalue weighted by atomic mass is 9.70. The van der Waals surface area contributed by atoms with Crippen LogP contribution in [0.15, 0.2) is 206 Å². The molecule has 0 saturated heterocycles. The second-order valence-corrected chi connectivity index (χ2v) is 23.2. The second-order valence-electron chi connectivity index (χ2n) is 23.2. The summed E-state index contributed by atoms with van der Waals surface area (Å²) in [6.07, 6.45) is 12.1. The van der Waals surface area contributed by atoms with Crippen LogP contribution in [0.3, 0.4) is 0 Å². The minimum Gasteiger partial charge on any atom is -0.248 e.